The Labute approximate surface area is 131 Å². The minimum absolute atomic E-state index is 0.0251. The van der Waals surface area contributed by atoms with Gasteiger partial charge >= 0.3 is 0 Å². The molecule has 1 aromatic rings. The molecule has 5 heteroatoms. The lowest BCUT2D eigenvalue weighted by molar-refractivity contribution is -0.134. The number of rotatable bonds is 3. The van der Waals surface area contributed by atoms with E-state index in [1.807, 2.05) is 23.1 Å². The molecule has 0 aliphatic carbocycles. The number of carbonyl (C=O) groups excluding carboxylic acids is 2. The van der Waals surface area contributed by atoms with Crippen molar-refractivity contribution in [2.24, 2.45) is 0 Å². The Hall–Kier alpha value is -1.88. The average molecular weight is 301 g/mol. The largest absolute Gasteiger partial charge is 0.345 e. The second kappa shape index (κ2) is 6.92. The number of carbonyl (C=O) groups is 2. The molecule has 0 spiro atoms. The molecule has 2 amide bonds. The molecule has 1 unspecified atom stereocenters. The summed E-state index contributed by atoms with van der Waals surface area (Å²) >= 11 is 0. The molecule has 1 atom stereocenters. The Morgan fingerprint density at radius 2 is 1.95 bits per heavy atom. The van der Waals surface area contributed by atoms with Gasteiger partial charge in [-0.1, -0.05) is 24.3 Å². The Morgan fingerprint density at radius 3 is 2.77 bits per heavy atom. The van der Waals surface area contributed by atoms with Crippen LogP contribution in [0, 0.1) is 0 Å². The minimum Gasteiger partial charge on any atom is -0.345 e. The highest BCUT2D eigenvalue weighted by atomic mass is 16.2. The van der Waals surface area contributed by atoms with Gasteiger partial charge in [-0.25, -0.2) is 0 Å². The number of hydrogen-bond acceptors (Lipinski definition) is 3. The molecule has 0 radical (unpaired) electrons. The van der Waals surface area contributed by atoms with Crippen LogP contribution in [-0.2, 0) is 16.0 Å². The zero-order valence-electron chi connectivity index (χ0n) is 12.8. The van der Waals surface area contributed by atoms with Crippen LogP contribution >= 0.6 is 0 Å². The fourth-order valence-corrected chi connectivity index (χ4v) is 3.26. The molecule has 2 N–H and O–H groups in total. The van der Waals surface area contributed by atoms with E-state index >= 15 is 0 Å². The van der Waals surface area contributed by atoms with Crippen molar-refractivity contribution in [2.75, 3.05) is 26.2 Å². The molecule has 1 fully saturated rings. The van der Waals surface area contributed by atoms with E-state index < -0.39 is 0 Å². The standard InChI is InChI=1S/C17H23N3O2/c21-15(20-10-4-1-5-11-20)12-19-17(22)16-14-7-3-2-6-13(14)8-9-18-16/h2-3,6-7,16,18H,1,4-5,8-12H2,(H,19,22). The lowest BCUT2D eigenvalue weighted by atomic mass is 9.94. The number of fused-ring (bicyclic) bond motifs is 1. The normalized spacial score (nSPS) is 21.1. The molecule has 118 valence electrons. The third-order valence-corrected chi connectivity index (χ3v) is 4.49. The average Bonchev–Trinajstić information content (AvgIpc) is 2.59. The fourth-order valence-electron chi connectivity index (χ4n) is 3.26. The van der Waals surface area contributed by atoms with Gasteiger partial charge in [0.05, 0.1) is 6.54 Å². The summed E-state index contributed by atoms with van der Waals surface area (Å²) in [6.45, 7) is 2.52. The van der Waals surface area contributed by atoms with Gasteiger partial charge in [-0.3, -0.25) is 9.59 Å². The van der Waals surface area contributed by atoms with Crippen molar-refractivity contribution in [3.8, 4) is 0 Å². The molecular weight excluding hydrogens is 278 g/mol. The van der Waals surface area contributed by atoms with E-state index in [0.29, 0.717) is 0 Å². The highest BCUT2D eigenvalue weighted by molar-refractivity contribution is 5.88. The fraction of sp³-hybridized carbons (Fsp3) is 0.529. The number of amides is 2. The molecule has 1 saturated heterocycles. The van der Waals surface area contributed by atoms with Gasteiger partial charge < -0.3 is 15.5 Å². The summed E-state index contributed by atoms with van der Waals surface area (Å²) in [5.74, 6) is -0.0883. The van der Waals surface area contributed by atoms with Crippen LogP contribution in [0.15, 0.2) is 24.3 Å². The second-order valence-corrected chi connectivity index (χ2v) is 6.00. The summed E-state index contributed by atoms with van der Waals surface area (Å²) in [5.41, 5.74) is 2.24. The Morgan fingerprint density at radius 1 is 1.18 bits per heavy atom. The van der Waals surface area contributed by atoms with E-state index in [1.54, 1.807) is 0 Å². The van der Waals surface area contributed by atoms with E-state index in [4.69, 9.17) is 0 Å². The van der Waals surface area contributed by atoms with Crippen LogP contribution in [0.2, 0.25) is 0 Å². The van der Waals surface area contributed by atoms with Gasteiger partial charge in [0.15, 0.2) is 0 Å². The molecule has 0 aromatic heterocycles. The molecule has 3 rings (SSSR count). The van der Waals surface area contributed by atoms with Crippen LogP contribution in [0.5, 0.6) is 0 Å². The van der Waals surface area contributed by atoms with Crippen LogP contribution in [0.4, 0.5) is 0 Å². The Balaban J connectivity index is 1.57. The van der Waals surface area contributed by atoms with Crippen molar-refractivity contribution >= 4 is 11.8 Å². The molecule has 0 saturated carbocycles. The van der Waals surface area contributed by atoms with Crippen LogP contribution in [0.1, 0.15) is 36.4 Å². The Bertz CT molecular complexity index is 553. The third-order valence-electron chi connectivity index (χ3n) is 4.49. The summed E-state index contributed by atoms with van der Waals surface area (Å²) in [6.07, 6.45) is 4.26. The van der Waals surface area contributed by atoms with Gasteiger partial charge in [-0.05, 0) is 36.8 Å². The highest BCUT2D eigenvalue weighted by Gasteiger charge is 2.26. The molecule has 0 bridgehead atoms. The van der Waals surface area contributed by atoms with E-state index in [9.17, 15) is 9.59 Å². The second-order valence-electron chi connectivity index (χ2n) is 6.00. The number of benzene rings is 1. The highest BCUT2D eigenvalue weighted by Crippen LogP contribution is 2.22. The van der Waals surface area contributed by atoms with Crippen LogP contribution in [0.25, 0.3) is 0 Å². The molecule has 5 nitrogen and oxygen atoms in total. The van der Waals surface area contributed by atoms with Crippen LogP contribution in [0.3, 0.4) is 0 Å². The zero-order chi connectivity index (χ0) is 15.4. The molecule has 22 heavy (non-hydrogen) atoms. The van der Waals surface area contributed by atoms with Gasteiger partial charge in [0.1, 0.15) is 6.04 Å². The summed E-state index contributed by atoms with van der Waals surface area (Å²) in [7, 11) is 0. The number of hydrogen-bond donors (Lipinski definition) is 2. The van der Waals surface area contributed by atoms with Crippen molar-refractivity contribution in [1.82, 2.24) is 15.5 Å². The smallest absolute Gasteiger partial charge is 0.242 e. The van der Waals surface area contributed by atoms with Crippen molar-refractivity contribution in [3.63, 3.8) is 0 Å². The molecular formula is C17H23N3O2. The molecule has 2 aliphatic rings. The van der Waals surface area contributed by atoms with E-state index in [2.05, 4.69) is 16.7 Å². The first-order valence-corrected chi connectivity index (χ1v) is 8.12. The SMILES string of the molecule is O=C(NCC(=O)N1CCCCC1)C1NCCc2ccccc21. The van der Waals surface area contributed by atoms with Crippen LogP contribution in [-0.4, -0.2) is 42.9 Å². The van der Waals surface area contributed by atoms with Gasteiger partial charge in [-0.2, -0.15) is 0 Å². The van der Waals surface area contributed by atoms with Gasteiger partial charge in [0.2, 0.25) is 11.8 Å². The van der Waals surface area contributed by atoms with Crippen molar-refractivity contribution in [2.45, 2.75) is 31.7 Å². The summed E-state index contributed by atoms with van der Waals surface area (Å²) in [4.78, 5) is 26.4. The monoisotopic (exact) mass is 301 g/mol. The summed E-state index contributed by atoms with van der Waals surface area (Å²) in [5, 5.41) is 6.04. The van der Waals surface area contributed by atoms with Gasteiger partial charge in [0, 0.05) is 19.6 Å². The first-order chi connectivity index (χ1) is 10.8. The van der Waals surface area contributed by atoms with Crippen molar-refractivity contribution in [1.29, 1.82) is 0 Å². The third kappa shape index (κ3) is 3.30. The lowest BCUT2D eigenvalue weighted by Gasteiger charge is -2.28. The quantitative estimate of drug-likeness (QED) is 0.875. The van der Waals surface area contributed by atoms with Crippen molar-refractivity contribution in [3.05, 3.63) is 35.4 Å². The molecule has 2 heterocycles. The maximum Gasteiger partial charge on any atom is 0.242 e. The number of piperidine rings is 1. The van der Waals surface area contributed by atoms with Gasteiger partial charge in [0.25, 0.3) is 0 Å². The first kappa shape index (κ1) is 15.0. The molecule has 1 aromatic carbocycles. The maximum absolute atomic E-state index is 12.4. The van der Waals surface area contributed by atoms with E-state index in [-0.39, 0.29) is 24.4 Å². The van der Waals surface area contributed by atoms with E-state index in [0.717, 1.165) is 44.5 Å². The number of likely N-dealkylation sites (tertiary alicyclic amines) is 1. The number of nitrogens with one attached hydrogen (secondary N) is 2. The summed E-state index contributed by atoms with van der Waals surface area (Å²) in [6, 6.07) is 7.65. The van der Waals surface area contributed by atoms with Gasteiger partial charge in [-0.15, -0.1) is 0 Å². The molecule has 2 aliphatic heterocycles. The minimum atomic E-state index is -0.348. The predicted octanol–water partition coefficient (Wildman–Crippen LogP) is 1.00. The topological polar surface area (TPSA) is 61.4 Å². The maximum atomic E-state index is 12.4. The number of nitrogens with zero attached hydrogens (tertiary/aromatic N) is 1. The first-order valence-electron chi connectivity index (χ1n) is 8.12. The lowest BCUT2D eigenvalue weighted by Crippen LogP contribution is -2.46. The Kier molecular flexibility index (Phi) is 4.73. The predicted molar refractivity (Wildman–Crippen MR) is 84.3 cm³/mol. The van der Waals surface area contributed by atoms with Crippen LogP contribution < -0.4 is 10.6 Å². The summed E-state index contributed by atoms with van der Waals surface area (Å²) < 4.78 is 0. The van der Waals surface area contributed by atoms with Crippen molar-refractivity contribution < 1.29 is 9.59 Å². The zero-order valence-corrected chi connectivity index (χ0v) is 12.8. The van der Waals surface area contributed by atoms with E-state index in [1.165, 1.54) is 12.0 Å².